The van der Waals surface area contributed by atoms with Gasteiger partial charge in [0.15, 0.2) is 0 Å². The summed E-state index contributed by atoms with van der Waals surface area (Å²) in [5.41, 5.74) is 4.61. The highest BCUT2D eigenvalue weighted by atomic mass is 16.5. The van der Waals surface area contributed by atoms with E-state index in [9.17, 15) is 10.5 Å². The smallest absolute Gasteiger partial charge is 0.143 e. The normalized spacial score (nSPS) is 18.8. The van der Waals surface area contributed by atoms with Gasteiger partial charge in [0.05, 0.1) is 12.1 Å². The molecule has 0 amide bonds. The average Bonchev–Trinajstić information content (AvgIpc) is 3.90. The quantitative estimate of drug-likeness (QED) is 0.117. The van der Waals surface area contributed by atoms with Gasteiger partial charge >= 0.3 is 0 Å². The second-order valence-electron chi connectivity index (χ2n) is 15.9. The average molecular weight is 799 g/mol. The van der Waals surface area contributed by atoms with Gasteiger partial charge < -0.3 is 30.7 Å². The molecule has 4 aliphatic rings. The standard InChI is InChI=1S/2C24H25N5O/c2*25-16-21-23(18-6-8-20(9-7-18)30-19-4-2-1-3-5-19)28-29-22(12-15-27-24(21)29)17-10-13-26-14-11-17/h2*1-9,17,22,26-27H,10-15H2/t22-;/m0./s1. The van der Waals surface area contributed by atoms with Gasteiger partial charge in [-0.2, -0.15) is 20.7 Å². The molecule has 10 rings (SSSR count). The van der Waals surface area contributed by atoms with Crippen molar-refractivity contribution in [3.05, 3.63) is 120 Å². The molecule has 6 heterocycles. The number of hydrogen-bond acceptors (Lipinski definition) is 10. The zero-order valence-corrected chi connectivity index (χ0v) is 33.7. The first-order chi connectivity index (χ1) is 29.7. The van der Waals surface area contributed by atoms with E-state index in [0.717, 1.165) is 135 Å². The van der Waals surface area contributed by atoms with Crippen molar-refractivity contribution in [2.24, 2.45) is 11.8 Å². The summed E-state index contributed by atoms with van der Waals surface area (Å²) >= 11 is 0. The maximum absolute atomic E-state index is 9.89. The minimum absolute atomic E-state index is 0.352. The van der Waals surface area contributed by atoms with Crippen LogP contribution in [0.4, 0.5) is 11.6 Å². The molecule has 0 radical (unpaired) electrons. The lowest BCUT2D eigenvalue weighted by atomic mass is 9.87. The van der Waals surface area contributed by atoms with E-state index in [1.54, 1.807) is 0 Å². The molecule has 1 unspecified atom stereocenters. The molecular weight excluding hydrogens is 749 g/mol. The van der Waals surface area contributed by atoms with E-state index >= 15 is 0 Å². The van der Waals surface area contributed by atoms with Gasteiger partial charge in [-0.1, -0.05) is 36.4 Å². The predicted octanol–water partition coefficient (Wildman–Crippen LogP) is 9.14. The van der Waals surface area contributed by atoms with Crippen LogP contribution >= 0.6 is 0 Å². The molecule has 0 saturated carbocycles. The molecule has 4 aromatic carbocycles. The molecule has 2 fully saturated rings. The second-order valence-corrected chi connectivity index (χ2v) is 15.9. The lowest BCUT2D eigenvalue weighted by molar-refractivity contribution is 0.231. The summed E-state index contributed by atoms with van der Waals surface area (Å²) in [6.07, 6.45) is 6.74. The molecule has 60 heavy (non-hydrogen) atoms. The van der Waals surface area contributed by atoms with Crippen LogP contribution in [0.3, 0.4) is 0 Å². The first kappa shape index (κ1) is 38.9. The van der Waals surface area contributed by atoms with Crippen molar-refractivity contribution in [2.75, 3.05) is 49.9 Å². The van der Waals surface area contributed by atoms with Gasteiger partial charge in [-0.05, 0) is 149 Å². The van der Waals surface area contributed by atoms with Crippen LogP contribution < -0.4 is 30.7 Å². The highest BCUT2D eigenvalue weighted by Gasteiger charge is 2.34. The van der Waals surface area contributed by atoms with Gasteiger partial charge in [-0.15, -0.1) is 0 Å². The Balaban J connectivity index is 0.000000154. The van der Waals surface area contributed by atoms with Crippen LogP contribution in [0.1, 0.15) is 61.7 Å². The molecule has 0 bridgehead atoms. The number of nitrogens with one attached hydrogen (secondary N) is 4. The molecule has 304 valence electrons. The highest BCUT2D eigenvalue weighted by Crippen LogP contribution is 2.41. The fourth-order valence-electron chi connectivity index (χ4n) is 9.16. The largest absolute Gasteiger partial charge is 0.457 e. The maximum atomic E-state index is 9.89. The summed E-state index contributed by atoms with van der Waals surface area (Å²) in [5, 5.41) is 43.4. The Bertz CT molecular complexity index is 2260. The topological polar surface area (TPSA) is 150 Å². The second kappa shape index (κ2) is 18.1. The summed E-state index contributed by atoms with van der Waals surface area (Å²) in [6, 6.07) is 40.6. The fraction of sp³-hybridized carbons (Fsp3) is 0.333. The third-order valence-corrected chi connectivity index (χ3v) is 12.2. The van der Waals surface area contributed by atoms with Crippen LogP contribution in [-0.4, -0.2) is 58.8 Å². The SMILES string of the molecule is N#Cc1c(-c2ccc(Oc3ccccc3)cc2)nn2c1NCCC2C1CCNCC1.N#Cc1c(-c2ccc(Oc3ccccc3)cc2)nn2c1NCC[C@H]2C1CCNCC1. The van der Waals surface area contributed by atoms with Crippen molar-refractivity contribution in [1.82, 2.24) is 30.2 Å². The van der Waals surface area contributed by atoms with E-state index in [1.807, 2.05) is 109 Å². The lowest BCUT2D eigenvalue weighted by Crippen LogP contribution is -2.36. The Labute approximate surface area is 351 Å². The molecular formula is C48H50N10O2. The number of ether oxygens (including phenoxy) is 2. The van der Waals surface area contributed by atoms with Gasteiger partial charge in [-0.25, -0.2) is 9.36 Å². The van der Waals surface area contributed by atoms with E-state index in [2.05, 4.69) is 42.8 Å². The van der Waals surface area contributed by atoms with Gasteiger partial charge in [0.2, 0.25) is 0 Å². The van der Waals surface area contributed by atoms with E-state index < -0.39 is 0 Å². The van der Waals surface area contributed by atoms with Crippen molar-refractivity contribution in [2.45, 2.75) is 50.6 Å². The Kier molecular flexibility index (Phi) is 11.7. The van der Waals surface area contributed by atoms with Gasteiger partial charge in [-0.3, -0.25) is 0 Å². The van der Waals surface area contributed by atoms with Crippen molar-refractivity contribution in [3.8, 4) is 57.7 Å². The monoisotopic (exact) mass is 798 g/mol. The molecule has 6 aromatic rings. The van der Waals surface area contributed by atoms with Crippen LogP contribution in [0.15, 0.2) is 109 Å². The van der Waals surface area contributed by atoms with Crippen LogP contribution in [0, 0.1) is 34.5 Å². The minimum Gasteiger partial charge on any atom is -0.457 e. The zero-order chi connectivity index (χ0) is 40.7. The van der Waals surface area contributed by atoms with Crippen LogP contribution in [0.5, 0.6) is 23.0 Å². The third-order valence-electron chi connectivity index (χ3n) is 12.2. The number of hydrogen-bond donors (Lipinski definition) is 4. The Hall–Kier alpha value is -6.60. The highest BCUT2D eigenvalue weighted by molar-refractivity contribution is 5.75. The van der Waals surface area contributed by atoms with Crippen molar-refractivity contribution in [1.29, 1.82) is 10.5 Å². The number of aromatic nitrogens is 4. The van der Waals surface area contributed by atoms with Gasteiger partial charge in [0, 0.05) is 24.2 Å². The Morgan fingerprint density at radius 1 is 0.467 bits per heavy atom. The molecule has 2 saturated heterocycles. The Morgan fingerprint density at radius 2 is 0.833 bits per heavy atom. The summed E-state index contributed by atoms with van der Waals surface area (Å²) in [6.45, 7) is 6.02. The number of benzene rings is 4. The van der Waals surface area contributed by atoms with Crippen LogP contribution in [0.25, 0.3) is 22.5 Å². The number of piperidine rings is 2. The molecule has 12 nitrogen and oxygen atoms in total. The Morgan fingerprint density at radius 3 is 1.20 bits per heavy atom. The number of fused-ring (bicyclic) bond motifs is 2. The number of rotatable bonds is 8. The summed E-state index contributed by atoms with van der Waals surface area (Å²) in [7, 11) is 0. The third kappa shape index (κ3) is 8.30. The summed E-state index contributed by atoms with van der Waals surface area (Å²) in [5.74, 6) is 6.07. The minimum atomic E-state index is 0.352. The molecule has 2 aromatic heterocycles. The van der Waals surface area contributed by atoms with Crippen molar-refractivity contribution in [3.63, 3.8) is 0 Å². The van der Waals surface area contributed by atoms with E-state index in [-0.39, 0.29) is 0 Å². The number of nitriles is 2. The predicted molar refractivity (Wildman–Crippen MR) is 233 cm³/mol. The molecule has 0 spiro atoms. The maximum Gasteiger partial charge on any atom is 0.143 e. The van der Waals surface area contributed by atoms with Gasteiger partial charge in [0.25, 0.3) is 0 Å². The number of anilines is 2. The molecule has 4 aliphatic heterocycles. The van der Waals surface area contributed by atoms with E-state index in [1.165, 1.54) is 0 Å². The lowest BCUT2D eigenvalue weighted by Gasteiger charge is -2.34. The molecule has 0 aliphatic carbocycles. The van der Waals surface area contributed by atoms with Crippen LogP contribution in [0.2, 0.25) is 0 Å². The molecule has 2 atom stereocenters. The molecule has 4 N–H and O–H groups in total. The van der Waals surface area contributed by atoms with Crippen LogP contribution in [-0.2, 0) is 0 Å². The van der Waals surface area contributed by atoms with Crippen molar-refractivity contribution >= 4 is 11.6 Å². The summed E-state index contributed by atoms with van der Waals surface area (Å²) in [4.78, 5) is 0. The van der Waals surface area contributed by atoms with E-state index in [0.29, 0.717) is 35.0 Å². The van der Waals surface area contributed by atoms with E-state index in [4.69, 9.17) is 19.7 Å². The fourth-order valence-corrected chi connectivity index (χ4v) is 9.16. The number of nitrogens with zero attached hydrogens (tertiary/aromatic N) is 6. The number of para-hydroxylation sites is 2. The van der Waals surface area contributed by atoms with Gasteiger partial charge in [0.1, 0.15) is 69.3 Å². The molecule has 12 heteroatoms. The zero-order valence-electron chi connectivity index (χ0n) is 33.7. The van der Waals surface area contributed by atoms with Crippen molar-refractivity contribution < 1.29 is 9.47 Å². The first-order valence-corrected chi connectivity index (χ1v) is 21.3. The summed E-state index contributed by atoms with van der Waals surface area (Å²) < 4.78 is 16.0. The first-order valence-electron chi connectivity index (χ1n) is 21.3.